The standard InChI is InChI=1S/C24H21FN4O3/c1-2-7-17-8-4-6-11-21(17)31-15-19-12-13-22(32-19)23(30)27-24-26-16-29(28-24)14-18-9-3-5-10-20(18)25/h2-6,8-13,16H,1,7,14-15H2,(H,27,28,30). The number of rotatable bonds is 9. The Labute approximate surface area is 184 Å². The van der Waals surface area contributed by atoms with Gasteiger partial charge in [0.25, 0.3) is 5.91 Å². The van der Waals surface area contributed by atoms with Crippen molar-refractivity contribution in [1.29, 1.82) is 0 Å². The second-order valence-electron chi connectivity index (χ2n) is 6.97. The summed E-state index contributed by atoms with van der Waals surface area (Å²) in [4.78, 5) is 16.5. The second-order valence-corrected chi connectivity index (χ2v) is 6.97. The van der Waals surface area contributed by atoms with E-state index in [0.29, 0.717) is 17.7 Å². The van der Waals surface area contributed by atoms with Gasteiger partial charge in [-0.1, -0.05) is 42.5 Å². The first-order valence-electron chi connectivity index (χ1n) is 9.97. The number of hydrogen-bond donors (Lipinski definition) is 1. The van der Waals surface area contributed by atoms with E-state index in [4.69, 9.17) is 9.15 Å². The molecule has 32 heavy (non-hydrogen) atoms. The Hall–Kier alpha value is -4.20. The van der Waals surface area contributed by atoms with E-state index in [2.05, 4.69) is 22.0 Å². The highest BCUT2D eigenvalue weighted by Gasteiger charge is 2.15. The molecule has 2 aromatic carbocycles. The molecule has 0 atom stereocenters. The fourth-order valence-electron chi connectivity index (χ4n) is 3.09. The molecule has 1 amide bonds. The van der Waals surface area contributed by atoms with Crippen LogP contribution in [-0.2, 0) is 19.6 Å². The van der Waals surface area contributed by atoms with E-state index in [1.165, 1.54) is 17.1 Å². The summed E-state index contributed by atoms with van der Waals surface area (Å²) in [6, 6.07) is 17.3. The lowest BCUT2D eigenvalue weighted by Crippen LogP contribution is -2.13. The summed E-state index contributed by atoms with van der Waals surface area (Å²) in [5.41, 5.74) is 1.49. The molecular weight excluding hydrogens is 411 g/mol. The van der Waals surface area contributed by atoms with Gasteiger partial charge in [0.2, 0.25) is 5.95 Å². The molecule has 0 saturated heterocycles. The highest BCUT2D eigenvalue weighted by atomic mass is 19.1. The second kappa shape index (κ2) is 9.74. The number of anilines is 1. The molecule has 4 aromatic rings. The van der Waals surface area contributed by atoms with Crippen LogP contribution in [0.4, 0.5) is 10.3 Å². The van der Waals surface area contributed by atoms with Crippen LogP contribution in [-0.4, -0.2) is 20.7 Å². The van der Waals surface area contributed by atoms with Crippen molar-refractivity contribution in [2.45, 2.75) is 19.6 Å². The van der Waals surface area contributed by atoms with Gasteiger partial charge in [0, 0.05) is 5.56 Å². The predicted octanol–water partition coefficient (Wildman–Crippen LogP) is 4.62. The molecule has 162 valence electrons. The lowest BCUT2D eigenvalue weighted by atomic mass is 10.1. The van der Waals surface area contributed by atoms with Crippen LogP contribution in [0.2, 0.25) is 0 Å². The Morgan fingerprint density at radius 2 is 1.91 bits per heavy atom. The van der Waals surface area contributed by atoms with Crippen LogP contribution in [0, 0.1) is 5.82 Å². The molecule has 0 radical (unpaired) electrons. The molecule has 1 N–H and O–H groups in total. The number of para-hydroxylation sites is 1. The van der Waals surface area contributed by atoms with Crippen LogP contribution >= 0.6 is 0 Å². The third-order valence-electron chi connectivity index (χ3n) is 4.64. The van der Waals surface area contributed by atoms with Crippen LogP contribution < -0.4 is 10.1 Å². The summed E-state index contributed by atoms with van der Waals surface area (Å²) >= 11 is 0. The fourth-order valence-corrected chi connectivity index (χ4v) is 3.09. The summed E-state index contributed by atoms with van der Waals surface area (Å²) in [6.45, 7) is 4.13. The molecule has 2 aromatic heterocycles. The SMILES string of the molecule is C=CCc1ccccc1OCc1ccc(C(=O)Nc2ncn(Cc3ccccc3F)n2)o1. The van der Waals surface area contributed by atoms with Gasteiger partial charge in [0.05, 0.1) is 6.54 Å². The smallest absolute Gasteiger partial charge is 0.293 e. The van der Waals surface area contributed by atoms with E-state index in [9.17, 15) is 9.18 Å². The molecule has 2 heterocycles. The monoisotopic (exact) mass is 432 g/mol. The number of carbonyl (C=O) groups excluding carboxylic acids is 1. The average molecular weight is 432 g/mol. The number of carbonyl (C=O) groups is 1. The third-order valence-corrected chi connectivity index (χ3v) is 4.64. The van der Waals surface area contributed by atoms with Crippen molar-refractivity contribution in [2.24, 2.45) is 0 Å². The normalized spacial score (nSPS) is 10.7. The van der Waals surface area contributed by atoms with Gasteiger partial charge < -0.3 is 9.15 Å². The van der Waals surface area contributed by atoms with Crippen molar-refractivity contribution >= 4 is 11.9 Å². The molecule has 4 rings (SSSR count). The number of allylic oxidation sites excluding steroid dienone is 1. The van der Waals surface area contributed by atoms with Gasteiger partial charge in [-0.15, -0.1) is 11.7 Å². The van der Waals surface area contributed by atoms with Gasteiger partial charge in [-0.3, -0.25) is 10.1 Å². The number of nitrogens with zero attached hydrogens (tertiary/aromatic N) is 3. The van der Waals surface area contributed by atoms with Crippen LogP contribution in [0.3, 0.4) is 0 Å². The molecule has 0 aliphatic carbocycles. The van der Waals surface area contributed by atoms with E-state index >= 15 is 0 Å². The number of aromatic nitrogens is 3. The first kappa shape index (κ1) is 21.0. The van der Waals surface area contributed by atoms with Crippen LogP contribution in [0.5, 0.6) is 5.75 Å². The lowest BCUT2D eigenvalue weighted by Gasteiger charge is -2.08. The molecule has 0 aliphatic rings. The first-order valence-corrected chi connectivity index (χ1v) is 9.97. The Morgan fingerprint density at radius 3 is 2.72 bits per heavy atom. The number of furan rings is 1. The van der Waals surface area contributed by atoms with E-state index in [0.717, 1.165) is 11.3 Å². The largest absolute Gasteiger partial charge is 0.485 e. The van der Waals surface area contributed by atoms with Crippen molar-refractivity contribution in [3.63, 3.8) is 0 Å². The topological polar surface area (TPSA) is 82.2 Å². The van der Waals surface area contributed by atoms with Crippen molar-refractivity contribution in [3.05, 3.63) is 108 Å². The van der Waals surface area contributed by atoms with Crippen molar-refractivity contribution in [1.82, 2.24) is 14.8 Å². The molecular formula is C24H21FN4O3. The van der Waals surface area contributed by atoms with E-state index < -0.39 is 5.91 Å². The molecule has 0 saturated carbocycles. The predicted molar refractivity (Wildman–Crippen MR) is 117 cm³/mol. The minimum Gasteiger partial charge on any atom is -0.485 e. The highest BCUT2D eigenvalue weighted by Crippen LogP contribution is 2.21. The summed E-state index contributed by atoms with van der Waals surface area (Å²) in [5, 5.41) is 6.73. The Kier molecular flexibility index (Phi) is 6.41. The van der Waals surface area contributed by atoms with Crippen LogP contribution in [0.15, 0.2) is 84.1 Å². The zero-order valence-corrected chi connectivity index (χ0v) is 17.2. The summed E-state index contributed by atoms with van der Waals surface area (Å²) in [5.74, 6) is 0.617. The Balaban J connectivity index is 1.35. The minimum absolute atomic E-state index is 0.0962. The van der Waals surface area contributed by atoms with Crippen molar-refractivity contribution < 1.29 is 18.3 Å². The van der Waals surface area contributed by atoms with Gasteiger partial charge in [-0.25, -0.2) is 14.1 Å². The number of amides is 1. The van der Waals surface area contributed by atoms with Gasteiger partial charge in [-0.05, 0) is 36.2 Å². The fraction of sp³-hybridized carbons (Fsp3) is 0.125. The Morgan fingerprint density at radius 1 is 1.12 bits per heavy atom. The number of halogens is 1. The molecule has 0 aliphatic heterocycles. The van der Waals surface area contributed by atoms with Crippen molar-refractivity contribution in [2.75, 3.05) is 5.32 Å². The maximum absolute atomic E-state index is 13.8. The quantitative estimate of drug-likeness (QED) is 0.390. The highest BCUT2D eigenvalue weighted by molar-refractivity contribution is 6.01. The van der Waals surface area contributed by atoms with E-state index in [-0.39, 0.29) is 30.7 Å². The maximum atomic E-state index is 13.8. The molecule has 7 nitrogen and oxygen atoms in total. The number of ether oxygens (including phenoxy) is 1. The Bertz CT molecular complexity index is 1230. The number of hydrogen-bond acceptors (Lipinski definition) is 5. The third kappa shape index (κ3) is 5.10. The maximum Gasteiger partial charge on any atom is 0.293 e. The zero-order chi connectivity index (χ0) is 22.3. The average Bonchev–Trinajstić information content (AvgIpc) is 3.45. The summed E-state index contributed by atoms with van der Waals surface area (Å²) in [7, 11) is 0. The van der Waals surface area contributed by atoms with E-state index in [1.807, 2.05) is 30.3 Å². The molecule has 0 spiro atoms. The molecule has 8 heteroatoms. The first-order chi connectivity index (χ1) is 15.6. The molecule has 0 bridgehead atoms. The van der Waals surface area contributed by atoms with Crippen LogP contribution in [0.25, 0.3) is 0 Å². The number of nitrogens with one attached hydrogen (secondary N) is 1. The summed E-state index contributed by atoms with van der Waals surface area (Å²) < 4.78 is 26.6. The van der Waals surface area contributed by atoms with Gasteiger partial charge in [0.1, 0.15) is 30.3 Å². The lowest BCUT2D eigenvalue weighted by molar-refractivity contribution is 0.0991. The molecule has 0 fully saturated rings. The van der Waals surface area contributed by atoms with Crippen molar-refractivity contribution in [3.8, 4) is 5.75 Å². The van der Waals surface area contributed by atoms with Gasteiger partial charge in [0.15, 0.2) is 5.76 Å². The van der Waals surface area contributed by atoms with Gasteiger partial charge in [-0.2, -0.15) is 0 Å². The molecule has 0 unspecified atom stereocenters. The zero-order valence-electron chi connectivity index (χ0n) is 17.2. The van der Waals surface area contributed by atoms with E-state index in [1.54, 1.807) is 30.3 Å². The van der Waals surface area contributed by atoms with Gasteiger partial charge >= 0.3 is 0 Å². The minimum atomic E-state index is -0.494. The van der Waals surface area contributed by atoms with Crippen LogP contribution in [0.1, 0.15) is 27.4 Å². The number of benzene rings is 2. The summed E-state index contributed by atoms with van der Waals surface area (Å²) in [6.07, 6.45) is 3.92.